The third kappa shape index (κ3) is 4.51. The molecule has 0 aromatic carbocycles. The van der Waals surface area contributed by atoms with Crippen LogP contribution in [0, 0.1) is 0 Å². The molecule has 1 aliphatic heterocycles. The van der Waals surface area contributed by atoms with Crippen molar-refractivity contribution in [2.75, 3.05) is 32.2 Å². The van der Waals surface area contributed by atoms with E-state index in [4.69, 9.17) is 21.1 Å². The molecule has 0 aliphatic carbocycles. The number of aromatic amines is 1. The minimum Gasteiger partial charge on any atom is -0.465 e. The minimum absolute atomic E-state index is 0.182. The van der Waals surface area contributed by atoms with E-state index < -0.39 is 5.97 Å². The van der Waals surface area contributed by atoms with E-state index >= 15 is 0 Å². The largest absolute Gasteiger partial charge is 0.465 e. The number of anilines is 1. The first-order valence-electron chi connectivity index (χ1n) is 9.34. The molecule has 29 heavy (non-hydrogen) atoms. The summed E-state index contributed by atoms with van der Waals surface area (Å²) in [6, 6.07) is 3.15. The average Bonchev–Trinajstić information content (AvgIpc) is 3.14. The van der Waals surface area contributed by atoms with Gasteiger partial charge in [0.25, 0.3) is 5.91 Å². The second kappa shape index (κ2) is 9.23. The lowest BCUT2D eigenvalue weighted by molar-refractivity contribution is 0.0533. The van der Waals surface area contributed by atoms with Gasteiger partial charge in [-0.2, -0.15) is 0 Å². The van der Waals surface area contributed by atoms with Crippen LogP contribution in [0.15, 0.2) is 18.3 Å². The monoisotopic (exact) mass is 421 g/mol. The fourth-order valence-electron chi connectivity index (χ4n) is 3.40. The van der Waals surface area contributed by atoms with Crippen molar-refractivity contribution in [2.45, 2.75) is 31.9 Å². The Morgan fingerprint density at radius 2 is 2.21 bits per heavy atom. The highest BCUT2D eigenvalue weighted by Crippen LogP contribution is 2.24. The molecule has 2 N–H and O–H groups in total. The molecule has 0 unspecified atom stereocenters. The Morgan fingerprint density at radius 1 is 1.41 bits per heavy atom. The molecule has 156 valence electrons. The number of piperidine rings is 1. The van der Waals surface area contributed by atoms with Crippen LogP contribution in [0.5, 0.6) is 0 Å². The van der Waals surface area contributed by atoms with E-state index in [2.05, 4.69) is 20.3 Å². The molecular weight excluding hydrogens is 398 g/mol. The molecule has 1 fully saturated rings. The van der Waals surface area contributed by atoms with Gasteiger partial charge in [0.2, 0.25) is 0 Å². The van der Waals surface area contributed by atoms with Crippen molar-refractivity contribution in [3.8, 4) is 0 Å². The number of rotatable bonds is 6. The molecule has 1 saturated heterocycles. The number of imidazole rings is 1. The highest BCUT2D eigenvalue weighted by molar-refractivity contribution is 6.30. The van der Waals surface area contributed by atoms with E-state index in [0.29, 0.717) is 42.5 Å². The number of hydrogen-bond donors (Lipinski definition) is 2. The molecule has 0 spiro atoms. The van der Waals surface area contributed by atoms with Crippen molar-refractivity contribution in [3.05, 3.63) is 40.6 Å². The second-order valence-electron chi connectivity index (χ2n) is 6.66. The second-order valence-corrected chi connectivity index (χ2v) is 7.02. The van der Waals surface area contributed by atoms with Crippen LogP contribution in [0.2, 0.25) is 5.15 Å². The van der Waals surface area contributed by atoms with Crippen LogP contribution in [-0.4, -0.2) is 66.3 Å². The summed E-state index contributed by atoms with van der Waals surface area (Å²) in [5.74, 6) is -0.0578. The lowest BCUT2D eigenvalue weighted by Gasteiger charge is -2.38. The van der Waals surface area contributed by atoms with Gasteiger partial charge < -0.3 is 24.7 Å². The quantitative estimate of drug-likeness (QED) is 0.684. The Kier molecular flexibility index (Phi) is 6.71. The van der Waals surface area contributed by atoms with Crippen molar-refractivity contribution in [1.29, 1.82) is 0 Å². The fraction of sp³-hybridized carbons (Fsp3) is 0.474. The number of pyridine rings is 1. The Bertz CT molecular complexity index is 887. The number of amides is 1. The van der Waals surface area contributed by atoms with Crippen molar-refractivity contribution in [2.24, 2.45) is 0 Å². The summed E-state index contributed by atoms with van der Waals surface area (Å²) in [7, 11) is 2.93. The maximum atomic E-state index is 12.6. The van der Waals surface area contributed by atoms with Crippen LogP contribution >= 0.6 is 11.6 Å². The van der Waals surface area contributed by atoms with Crippen LogP contribution in [0.4, 0.5) is 5.82 Å². The average molecular weight is 422 g/mol. The van der Waals surface area contributed by atoms with Crippen LogP contribution in [-0.2, 0) is 15.9 Å². The van der Waals surface area contributed by atoms with Crippen molar-refractivity contribution >= 4 is 29.3 Å². The first-order chi connectivity index (χ1) is 14.0. The normalized spacial score (nSPS) is 19.1. The lowest BCUT2D eigenvalue weighted by Crippen LogP contribution is -2.55. The molecule has 3 heterocycles. The van der Waals surface area contributed by atoms with Gasteiger partial charge >= 0.3 is 5.97 Å². The molecule has 1 amide bonds. The molecule has 1 aliphatic rings. The lowest BCUT2D eigenvalue weighted by atomic mass is 10.0. The predicted octanol–water partition coefficient (Wildman–Crippen LogP) is 1.83. The van der Waals surface area contributed by atoms with Crippen LogP contribution in [0.1, 0.15) is 40.0 Å². The summed E-state index contributed by atoms with van der Waals surface area (Å²) < 4.78 is 10.5. The van der Waals surface area contributed by atoms with Gasteiger partial charge in [-0.15, -0.1) is 0 Å². The number of H-pyrrole nitrogens is 1. The van der Waals surface area contributed by atoms with E-state index in [-0.39, 0.29) is 23.9 Å². The summed E-state index contributed by atoms with van der Waals surface area (Å²) in [5, 5.41) is 3.27. The van der Waals surface area contributed by atoms with Gasteiger partial charge in [-0.25, -0.2) is 14.8 Å². The highest BCUT2D eigenvalue weighted by atomic mass is 35.5. The van der Waals surface area contributed by atoms with Gasteiger partial charge in [-0.05, 0) is 25.0 Å². The van der Waals surface area contributed by atoms with Crippen molar-refractivity contribution < 1.29 is 19.1 Å². The molecule has 2 aromatic heterocycles. The van der Waals surface area contributed by atoms with Gasteiger partial charge in [0, 0.05) is 26.4 Å². The Balaban J connectivity index is 1.71. The van der Waals surface area contributed by atoms with Crippen LogP contribution in [0.3, 0.4) is 0 Å². The Morgan fingerprint density at radius 3 is 2.86 bits per heavy atom. The number of esters is 1. The molecule has 9 nitrogen and oxygen atoms in total. The molecule has 0 radical (unpaired) electrons. The van der Waals surface area contributed by atoms with Crippen molar-refractivity contribution in [1.82, 2.24) is 20.3 Å². The molecule has 2 atom stereocenters. The molecule has 0 saturated carbocycles. The van der Waals surface area contributed by atoms with E-state index in [0.717, 1.165) is 5.69 Å². The van der Waals surface area contributed by atoms with Gasteiger partial charge in [0.05, 0.1) is 24.9 Å². The number of ether oxygens (including phenoxy) is 2. The van der Waals surface area contributed by atoms with Crippen LogP contribution < -0.4 is 10.2 Å². The maximum absolute atomic E-state index is 12.6. The zero-order chi connectivity index (χ0) is 21.0. The summed E-state index contributed by atoms with van der Waals surface area (Å²) in [6.45, 7) is 2.98. The number of halogens is 1. The van der Waals surface area contributed by atoms with Gasteiger partial charge in [-0.1, -0.05) is 18.5 Å². The number of nitrogens with one attached hydrogen (secondary N) is 2. The Hall–Kier alpha value is -2.65. The standard InChI is InChI=1S/C19H24ClN5O4/c1-4-12-15(20)24-16(22-12)18(26)23-13-7-9-25(10-14(13)28-2)17-11(19(27)29-3)6-5-8-21-17/h5-6,8,13-14H,4,7,9-10H2,1-3H3,(H,22,24)(H,23,26)/t13-,14+/m1/s1. The van der Waals surface area contributed by atoms with Crippen molar-refractivity contribution in [3.63, 3.8) is 0 Å². The fourth-order valence-corrected chi connectivity index (χ4v) is 3.66. The maximum Gasteiger partial charge on any atom is 0.341 e. The zero-order valence-corrected chi connectivity index (χ0v) is 17.3. The number of aryl methyl sites for hydroxylation is 1. The Labute approximate surface area is 173 Å². The third-order valence-corrected chi connectivity index (χ3v) is 5.28. The molecular formula is C19H24ClN5O4. The smallest absolute Gasteiger partial charge is 0.341 e. The van der Waals surface area contributed by atoms with E-state index in [9.17, 15) is 9.59 Å². The van der Waals surface area contributed by atoms with Crippen LogP contribution in [0.25, 0.3) is 0 Å². The number of methoxy groups -OCH3 is 2. The highest BCUT2D eigenvalue weighted by Gasteiger charge is 2.33. The minimum atomic E-state index is -0.445. The van der Waals surface area contributed by atoms with E-state index in [1.807, 2.05) is 11.8 Å². The van der Waals surface area contributed by atoms with Gasteiger partial charge in [-0.3, -0.25) is 4.79 Å². The molecule has 10 heteroatoms. The van der Waals surface area contributed by atoms with E-state index in [1.165, 1.54) is 7.11 Å². The summed E-state index contributed by atoms with van der Waals surface area (Å²) >= 11 is 6.03. The topological polar surface area (TPSA) is 109 Å². The molecule has 3 rings (SSSR count). The summed E-state index contributed by atoms with van der Waals surface area (Å²) in [4.78, 5) is 38.0. The number of carbonyl (C=O) groups excluding carboxylic acids is 2. The number of nitrogens with zero attached hydrogens (tertiary/aromatic N) is 3. The van der Waals surface area contributed by atoms with Gasteiger partial charge in [0.1, 0.15) is 11.4 Å². The number of hydrogen-bond acceptors (Lipinski definition) is 7. The summed E-state index contributed by atoms with van der Waals surface area (Å²) in [5.41, 5.74) is 1.12. The first kappa shape index (κ1) is 21.1. The predicted molar refractivity (Wildman–Crippen MR) is 107 cm³/mol. The molecule has 0 bridgehead atoms. The summed E-state index contributed by atoms with van der Waals surface area (Å²) in [6.07, 6.45) is 2.60. The first-order valence-corrected chi connectivity index (χ1v) is 9.72. The SMILES string of the molecule is CCc1[nH]c(C(=O)N[C@@H]2CCN(c3ncccc3C(=O)OC)C[C@@H]2OC)nc1Cl. The molecule has 2 aromatic rings. The van der Waals surface area contributed by atoms with Gasteiger partial charge in [0.15, 0.2) is 11.0 Å². The third-order valence-electron chi connectivity index (χ3n) is 4.97. The zero-order valence-electron chi connectivity index (χ0n) is 16.6. The van der Waals surface area contributed by atoms with E-state index in [1.54, 1.807) is 25.4 Å². The number of carbonyl (C=O) groups is 2. The number of aromatic nitrogens is 3.